The van der Waals surface area contributed by atoms with Crippen LogP contribution < -0.4 is 5.32 Å². The molecule has 162 valence electrons. The average molecular weight is 416 g/mol. The Labute approximate surface area is 174 Å². The van der Waals surface area contributed by atoms with Gasteiger partial charge >= 0.3 is 5.97 Å². The fraction of sp³-hybridized carbons (Fsp3) is 0.619. The van der Waals surface area contributed by atoms with Gasteiger partial charge in [0.1, 0.15) is 12.0 Å². The summed E-state index contributed by atoms with van der Waals surface area (Å²) in [6.45, 7) is 6.77. The van der Waals surface area contributed by atoms with Gasteiger partial charge in [-0.1, -0.05) is 6.92 Å². The number of carbonyl (C=O) groups excluding carboxylic acids is 1. The van der Waals surface area contributed by atoms with Crippen LogP contribution >= 0.6 is 0 Å². The molecule has 1 fully saturated rings. The molecule has 9 nitrogen and oxygen atoms in total. The minimum atomic E-state index is -1.10. The molecular formula is C21H28N4O5. The summed E-state index contributed by atoms with van der Waals surface area (Å²) in [7, 11) is 0. The summed E-state index contributed by atoms with van der Waals surface area (Å²) in [6.07, 6.45) is 5.00. The number of aryl methyl sites for hydroxylation is 1. The van der Waals surface area contributed by atoms with Crippen LogP contribution in [0.15, 0.2) is 10.7 Å². The lowest BCUT2D eigenvalue weighted by Gasteiger charge is -2.36. The lowest BCUT2D eigenvalue weighted by Crippen LogP contribution is -2.40. The summed E-state index contributed by atoms with van der Waals surface area (Å²) < 4.78 is 12.7. The molecule has 2 aliphatic rings. The van der Waals surface area contributed by atoms with Crippen molar-refractivity contribution in [2.45, 2.75) is 52.5 Å². The Kier molecular flexibility index (Phi) is 5.64. The predicted octanol–water partition coefficient (Wildman–Crippen LogP) is 2.09. The van der Waals surface area contributed by atoms with Gasteiger partial charge in [0.2, 0.25) is 0 Å². The SMILES string of the molecule is CCn1nc(C[C@@H](C)Cc2nc(C(=O)O)co2)c2c1C(=O)NCC1(CCOCC1)C2. The smallest absolute Gasteiger partial charge is 0.357 e. The zero-order valence-corrected chi connectivity index (χ0v) is 17.4. The Bertz CT molecular complexity index is 941. The van der Waals surface area contributed by atoms with Crippen LogP contribution in [-0.4, -0.2) is 51.5 Å². The third-order valence-corrected chi connectivity index (χ3v) is 6.21. The van der Waals surface area contributed by atoms with Gasteiger partial charge in [0.25, 0.3) is 5.91 Å². The molecule has 30 heavy (non-hydrogen) atoms. The van der Waals surface area contributed by atoms with Crippen LogP contribution in [0.25, 0.3) is 0 Å². The number of aromatic nitrogens is 3. The molecule has 0 aliphatic carbocycles. The summed E-state index contributed by atoms with van der Waals surface area (Å²) in [5.74, 6) is -0.621. The number of nitrogens with one attached hydrogen (secondary N) is 1. The second-order valence-corrected chi connectivity index (χ2v) is 8.51. The van der Waals surface area contributed by atoms with Crippen molar-refractivity contribution in [3.8, 4) is 0 Å². The van der Waals surface area contributed by atoms with Crippen molar-refractivity contribution in [1.82, 2.24) is 20.1 Å². The minimum Gasteiger partial charge on any atom is -0.476 e. The molecule has 0 bridgehead atoms. The molecule has 2 aromatic rings. The highest BCUT2D eigenvalue weighted by molar-refractivity contribution is 5.94. The second-order valence-electron chi connectivity index (χ2n) is 8.51. The molecule has 9 heteroatoms. The Hall–Kier alpha value is -2.68. The van der Waals surface area contributed by atoms with E-state index in [-0.39, 0.29) is 22.9 Å². The van der Waals surface area contributed by atoms with Gasteiger partial charge in [0, 0.05) is 38.3 Å². The van der Waals surface area contributed by atoms with Crippen LogP contribution in [0.4, 0.5) is 0 Å². The number of ether oxygens (including phenoxy) is 1. The van der Waals surface area contributed by atoms with E-state index in [1.807, 2.05) is 6.92 Å². The summed E-state index contributed by atoms with van der Waals surface area (Å²) in [5.41, 5.74) is 2.58. The maximum Gasteiger partial charge on any atom is 0.357 e. The number of amides is 1. The topological polar surface area (TPSA) is 119 Å². The first-order valence-corrected chi connectivity index (χ1v) is 10.5. The molecule has 4 heterocycles. The molecule has 1 amide bonds. The number of carboxylic acid groups (broad SMARTS) is 1. The quantitative estimate of drug-likeness (QED) is 0.740. The van der Waals surface area contributed by atoms with E-state index in [0.29, 0.717) is 37.5 Å². The molecule has 2 aliphatic heterocycles. The number of nitrogens with zero attached hydrogens (tertiary/aromatic N) is 3. The van der Waals surface area contributed by atoms with E-state index in [0.717, 1.165) is 43.7 Å². The summed E-state index contributed by atoms with van der Waals surface area (Å²) in [5, 5.41) is 16.9. The Morgan fingerprint density at radius 3 is 2.80 bits per heavy atom. The number of oxazole rings is 1. The van der Waals surface area contributed by atoms with Crippen molar-refractivity contribution in [2.75, 3.05) is 19.8 Å². The van der Waals surface area contributed by atoms with Gasteiger partial charge in [-0.25, -0.2) is 9.78 Å². The standard InChI is InChI=1S/C21H28N4O5/c1-3-25-18-14(10-21(12-22-19(18)26)4-6-29-7-5-21)15(24-25)8-13(2)9-17-23-16(11-30-17)20(27)28/h11,13H,3-10,12H2,1-2H3,(H,22,26)(H,27,28)/t13-/m1/s1. The lowest BCUT2D eigenvalue weighted by molar-refractivity contribution is 0.0160. The third kappa shape index (κ3) is 3.98. The average Bonchev–Trinajstić information content (AvgIpc) is 3.28. The summed E-state index contributed by atoms with van der Waals surface area (Å²) >= 11 is 0. The highest BCUT2D eigenvalue weighted by Gasteiger charge is 2.39. The number of rotatable bonds is 6. The molecule has 0 aromatic carbocycles. The molecule has 0 radical (unpaired) electrons. The Balaban J connectivity index is 1.59. The van der Waals surface area contributed by atoms with E-state index in [1.165, 1.54) is 6.26 Å². The second kappa shape index (κ2) is 8.22. The fourth-order valence-corrected chi connectivity index (χ4v) is 4.53. The normalized spacial score (nSPS) is 19.2. The van der Waals surface area contributed by atoms with Crippen LogP contribution in [0.1, 0.15) is 64.8 Å². The Morgan fingerprint density at radius 2 is 2.13 bits per heavy atom. The monoisotopic (exact) mass is 416 g/mol. The van der Waals surface area contributed by atoms with E-state index in [4.69, 9.17) is 19.4 Å². The number of hydrogen-bond acceptors (Lipinski definition) is 6. The fourth-order valence-electron chi connectivity index (χ4n) is 4.53. The van der Waals surface area contributed by atoms with Gasteiger partial charge in [-0.05, 0) is 43.9 Å². The first kappa shape index (κ1) is 20.6. The van der Waals surface area contributed by atoms with Crippen LogP contribution in [-0.2, 0) is 30.5 Å². The lowest BCUT2D eigenvalue weighted by atomic mass is 9.75. The van der Waals surface area contributed by atoms with Crippen molar-refractivity contribution >= 4 is 11.9 Å². The molecule has 1 spiro atoms. The maximum absolute atomic E-state index is 12.9. The van der Waals surface area contributed by atoms with Gasteiger partial charge in [0.15, 0.2) is 11.6 Å². The van der Waals surface area contributed by atoms with Crippen LogP contribution in [0.2, 0.25) is 0 Å². The third-order valence-electron chi connectivity index (χ3n) is 6.21. The minimum absolute atomic E-state index is 0.0116. The molecule has 1 saturated heterocycles. The zero-order valence-electron chi connectivity index (χ0n) is 17.4. The first-order valence-electron chi connectivity index (χ1n) is 10.5. The predicted molar refractivity (Wildman–Crippen MR) is 106 cm³/mol. The molecule has 0 saturated carbocycles. The number of fused-ring (bicyclic) bond motifs is 1. The van der Waals surface area contributed by atoms with Gasteiger partial charge < -0.3 is 19.6 Å². The van der Waals surface area contributed by atoms with E-state index < -0.39 is 5.97 Å². The van der Waals surface area contributed by atoms with Crippen LogP contribution in [0.3, 0.4) is 0 Å². The molecule has 2 aromatic heterocycles. The number of hydrogen-bond donors (Lipinski definition) is 2. The van der Waals surface area contributed by atoms with E-state index in [2.05, 4.69) is 17.2 Å². The van der Waals surface area contributed by atoms with Gasteiger partial charge in [-0.3, -0.25) is 9.48 Å². The number of aromatic carboxylic acids is 1. The van der Waals surface area contributed by atoms with Crippen LogP contribution in [0.5, 0.6) is 0 Å². The molecular weight excluding hydrogens is 388 g/mol. The van der Waals surface area contributed by atoms with Crippen LogP contribution in [0, 0.1) is 11.3 Å². The Morgan fingerprint density at radius 1 is 1.37 bits per heavy atom. The number of carboxylic acids is 1. The molecule has 4 rings (SSSR count). The molecule has 0 unspecified atom stereocenters. The highest BCUT2D eigenvalue weighted by Crippen LogP contribution is 2.38. The molecule has 1 atom stereocenters. The van der Waals surface area contributed by atoms with Crippen molar-refractivity contribution in [3.05, 3.63) is 34.8 Å². The first-order chi connectivity index (χ1) is 14.4. The van der Waals surface area contributed by atoms with E-state index in [9.17, 15) is 9.59 Å². The van der Waals surface area contributed by atoms with Gasteiger partial charge in [0.05, 0.1) is 5.69 Å². The summed E-state index contributed by atoms with van der Waals surface area (Å²) in [4.78, 5) is 27.9. The zero-order chi connectivity index (χ0) is 21.3. The highest BCUT2D eigenvalue weighted by atomic mass is 16.5. The van der Waals surface area contributed by atoms with Gasteiger partial charge in [-0.2, -0.15) is 5.10 Å². The van der Waals surface area contributed by atoms with Crippen molar-refractivity contribution < 1.29 is 23.8 Å². The largest absolute Gasteiger partial charge is 0.476 e. The van der Waals surface area contributed by atoms with E-state index >= 15 is 0 Å². The summed E-state index contributed by atoms with van der Waals surface area (Å²) in [6, 6.07) is 0. The number of carbonyl (C=O) groups is 2. The van der Waals surface area contributed by atoms with Crippen molar-refractivity contribution in [1.29, 1.82) is 0 Å². The van der Waals surface area contributed by atoms with Crippen molar-refractivity contribution in [2.24, 2.45) is 11.3 Å². The van der Waals surface area contributed by atoms with Crippen molar-refractivity contribution in [3.63, 3.8) is 0 Å². The maximum atomic E-state index is 12.9. The molecule has 2 N–H and O–H groups in total. The van der Waals surface area contributed by atoms with E-state index in [1.54, 1.807) is 4.68 Å². The van der Waals surface area contributed by atoms with Gasteiger partial charge in [-0.15, -0.1) is 0 Å².